The predicted molar refractivity (Wildman–Crippen MR) is 61.4 cm³/mol. The number of carbonyl (C=O) groups excluding carboxylic acids is 1. The molecular formula is C10H13BrN2O2. The van der Waals surface area contributed by atoms with Crippen LogP contribution in [-0.2, 0) is 4.79 Å². The Hall–Kier alpha value is -1.07. The SMILES string of the molecule is Cc1cc(Br)c(OCC(=O)NN)cc1C. The molecular weight excluding hydrogens is 260 g/mol. The molecule has 5 heteroatoms. The van der Waals surface area contributed by atoms with Crippen LogP contribution in [0.3, 0.4) is 0 Å². The van der Waals surface area contributed by atoms with Crippen LogP contribution in [-0.4, -0.2) is 12.5 Å². The first kappa shape index (κ1) is 12.0. The summed E-state index contributed by atoms with van der Waals surface area (Å²) in [5, 5.41) is 0. The van der Waals surface area contributed by atoms with Gasteiger partial charge in [0.05, 0.1) is 4.47 Å². The summed E-state index contributed by atoms with van der Waals surface area (Å²) in [4.78, 5) is 10.9. The van der Waals surface area contributed by atoms with Gasteiger partial charge >= 0.3 is 0 Å². The van der Waals surface area contributed by atoms with E-state index < -0.39 is 0 Å². The first-order valence-corrected chi connectivity index (χ1v) is 5.23. The Kier molecular flexibility index (Phi) is 4.11. The van der Waals surface area contributed by atoms with Gasteiger partial charge in [-0.1, -0.05) is 0 Å². The number of ether oxygens (including phenoxy) is 1. The van der Waals surface area contributed by atoms with E-state index in [1.807, 2.05) is 31.4 Å². The van der Waals surface area contributed by atoms with Crippen molar-refractivity contribution in [1.29, 1.82) is 0 Å². The lowest BCUT2D eigenvalue weighted by molar-refractivity contribution is -0.123. The van der Waals surface area contributed by atoms with Gasteiger partial charge in [-0.15, -0.1) is 0 Å². The molecule has 0 aromatic heterocycles. The highest BCUT2D eigenvalue weighted by atomic mass is 79.9. The molecule has 1 rings (SSSR count). The standard InChI is InChI=1S/C10H13BrN2O2/c1-6-3-8(11)9(4-7(6)2)15-5-10(14)13-12/h3-4H,5,12H2,1-2H3,(H,13,14). The molecule has 0 bridgehead atoms. The highest BCUT2D eigenvalue weighted by Gasteiger charge is 2.06. The van der Waals surface area contributed by atoms with Crippen molar-refractivity contribution in [3.05, 3.63) is 27.7 Å². The number of carbonyl (C=O) groups is 1. The Balaban J connectivity index is 2.77. The van der Waals surface area contributed by atoms with E-state index in [1.165, 1.54) is 0 Å². The third-order valence-corrected chi connectivity index (χ3v) is 2.69. The molecule has 0 radical (unpaired) electrons. The Morgan fingerprint density at radius 1 is 1.47 bits per heavy atom. The van der Waals surface area contributed by atoms with Crippen molar-refractivity contribution in [3.8, 4) is 5.75 Å². The van der Waals surface area contributed by atoms with Crippen molar-refractivity contribution in [2.45, 2.75) is 13.8 Å². The summed E-state index contributed by atoms with van der Waals surface area (Å²) in [6, 6.07) is 3.83. The van der Waals surface area contributed by atoms with Gasteiger partial charge in [-0.05, 0) is 53.0 Å². The number of halogens is 1. The summed E-state index contributed by atoms with van der Waals surface area (Å²) in [6.07, 6.45) is 0. The van der Waals surface area contributed by atoms with Gasteiger partial charge < -0.3 is 4.74 Å². The minimum absolute atomic E-state index is 0.0857. The summed E-state index contributed by atoms with van der Waals surface area (Å²) in [6.45, 7) is 3.91. The molecule has 15 heavy (non-hydrogen) atoms. The number of benzene rings is 1. The van der Waals surface area contributed by atoms with Gasteiger partial charge in [-0.25, -0.2) is 5.84 Å². The second-order valence-corrected chi connectivity index (χ2v) is 4.08. The smallest absolute Gasteiger partial charge is 0.271 e. The van der Waals surface area contributed by atoms with Crippen LogP contribution in [0.1, 0.15) is 11.1 Å². The molecule has 0 atom stereocenters. The van der Waals surface area contributed by atoms with Gasteiger partial charge in [0.25, 0.3) is 5.91 Å². The zero-order chi connectivity index (χ0) is 11.4. The predicted octanol–water partition coefficient (Wildman–Crippen LogP) is 1.43. The molecule has 0 saturated carbocycles. The van der Waals surface area contributed by atoms with E-state index in [4.69, 9.17) is 10.6 Å². The Labute approximate surface area is 96.9 Å². The second kappa shape index (κ2) is 5.14. The van der Waals surface area contributed by atoms with Crippen molar-refractivity contribution in [2.75, 3.05) is 6.61 Å². The molecule has 0 aliphatic heterocycles. The van der Waals surface area contributed by atoms with Crippen LogP contribution in [0, 0.1) is 13.8 Å². The van der Waals surface area contributed by atoms with Gasteiger partial charge in [0.2, 0.25) is 0 Å². The lowest BCUT2D eigenvalue weighted by Gasteiger charge is -2.09. The summed E-state index contributed by atoms with van der Waals surface area (Å²) < 4.78 is 6.12. The zero-order valence-electron chi connectivity index (χ0n) is 8.63. The monoisotopic (exact) mass is 272 g/mol. The second-order valence-electron chi connectivity index (χ2n) is 3.22. The summed E-state index contributed by atoms with van der Waals surface area (Å²) >= 11 is 3.37. The van der Waals surface area contributed by atoms with Crippen LogP contribution in [0.25, 0.3) is 0 Å². The van der Waals surface area contributed by atoms with Crippen molar-refractivity contribution in [1.82, 2.24) is 5.43 Å². The van der Waals surface area contributed by atoms with E-state index in [0.717, 1.165) is 15.6 Å². The molecule has 0 spiro atoms. The Morgan fingerprint density at radius 2 is 2.07 bits per heavy atom. The topological polar surface area (TPSA) is 64.3 Å². The molecule has 3 N–H and O–H groups in total. The fourth-order valence-corrected chi connectivity index (χ4v) is 1.62. The zero-order valence-corrected chi connectivity index (χ0v) is 10.2. The van der Waals surface area contributed by atoms with Crippen molar-refractivity contribution < 1.29 is 9.53 Å². The third kappa shape index (κ3) is 3.21. The maximum absolute atomic E-state index is 10.9. The van der Waals surface area contributed by atoms with Crippen molar-refractivity contribution >= 4 is 21.8 Å². The minimum Gasteiger partial charge on any atom is -0.483 e. The Bertz CT molecular complexity index is 380. The molecule has 82 valence electrons. The maximum atomic E-state index is 10.9. The lowest BCUT2D eigenvalue weighted by Crippen LogP contribution is -2.34. The summed E-state index contributed by atoms with van der Waals surface area (Å²) in [7, 11) is 0. The van der Waals surface area contributed by atoms with Gasteiger partial charge in [0.15, 0.2) is 6.61 Å². The first-order chi connectivity index (χ1) is 7.04. The van der Waals surface area contributed by atoms with Gasteiger partial charge in [0, 0.05) is 0 Å². The van der Waals surface area contributed by atoms with Gasteiger partial charge in [-0.2, -0.15) is 0 Å². The number of hydrogen-bond donors (Lipinski definition) is 2. The van der Waals surface area contributed by atoms with Crippen molar-refractivity contribution in [2.24, 2.45) is 5.84 Å². The van der Waals surface area contributed by atoms with Crippen LogP contribution in [0.2, 0.25) is 0 Å². The van der Waals surface area contributed by atoms with E-state index in [0.29, 0.717) is 5.75 Å². The van der Waals surface area contributed by atoms with Crippen LogP contribution < -0.4 is 16.0 Å². The van der Waals surface area contributed by atoms with E-state index >= 15 is 0 Å². The molecule has 4 nitrogen and oxygen atoms in total. The number of aryl methyl sites for hydroxylation is 2. The van der Waals surface area contributed by atoms with Crippen LogP contribution in [0.5, 0.6) is 5.75 Å². The quantitative estimate of drug-likeness (QED) is 0.497. The fourth-order valence-electron chi connectivity index (χ4n) is 1.05. The molecule has 0 heterocycles. The van der Waals surface area contributed by atoms with E-state index in [2.05, 4.69) is 15.9 Å². The summed E-state index contributed by atoms with van der Waals surface area (Å²) in [5.74, 6) is 5.22. The molecule has 0 fully saturated rings. The van der Waals surface area contributed by atoms with E-state index in [9.17, 15) is 4.79 Å². The summed E-state index contributed by atoms with van der Waals surface area (Å²) in [5.41, 5.74) is 4.28. The minimum atomic E-state index is -0.361. The molecule has 0 aliphatic carbocycles. The number of hydrazine groups is 1. The number of nitrogens with two attached hydrogens (primary N) is 1. The average molecular weight is 273 g/mol. The number of rotatable bonds is 3. The lowest BCUT2D eigenvalue weighted by atomic mass is 10.1. The molecule has 0 saturated heterocycles. The number of amides is 1. The van der Waals surface area contributed by atoms with E-state index in [-0.39, 0.29) is 12.5 Å². The normalized spacial score (nSPS) is 9.87. The molecule has 1 aromatic rings. The Morgan fingerprint density at radius 3 is 2.67 bits per heavy atom. The first-order valence-electron chi connectivity index (χ1n) is 4.43. The fraction of sp³-hybridized carbons (Fsp3) is 0.300. The van der Waals surface area contributed by atoms with Crippen LogP contribution in [0.4, 0.5) is 0 Å². The van der Waals surface area contributed by atoms with Crippen molar-refractivity contribution in [3.63, 3.8) is 0 Å². The van der Waals surface area contributed by atoms with Crippen LogP contribution >= 0.6 is 15.9 Å². The highest BCUT2D eigenvalue weighted by Crippen LogP contribution is 2.28. The van der Waals surface area contributed by atoms with Gasteiger partial charge in [0.1, 0.15) is 5.75 Å². The number of nitrogens with one attached hydrogen (secondary N) is 1. The highest BCUT2D eigenvalue weighted by molar-refractivity contribution is 9.10. The molecule has 0 aliphatic rings. The third-order valence-electron chi connectivity index (χ3n) is 2.07. The molecule has 1 amide bonds. The van der Waals surface area contributed by atoms with Gasteiger partial charge in [-0.3, -0.25) is 10.2 Å². The molecule has 1 aromatic carbocycles. The maximum Gasteiger partial charge on any atom is 0.271 e. The largest absolute Gasteiger partial charge is 0.483 e. The van der Waals surface area contributed by atoms with Crippen LogP contribution in [0.15, 0.2) is 16.6 Å². The number of hydrogen-bond acceptors (Lipinski definition) is 3. The van der Waals surface area contributed by atoms with E-state index in [1.54, 1.807) is 0 Å². The molecule has 0 unspecified atom stereocenters. The average Bonchev–Trinajstić information content (AvgIpc) is 2.21.